The molecule has 1 aliphatic rings. The summed E-state index contributed by atoms with van der Waals surface area (Å²) in [5, 5.41) is 1.34. The molecule has 0 saturated heterocycles. The summed E-state index contributed by atoms with van der Waals surface area (Å²) >= 11 is 0. The van der Waals surface area contributed by atoms with E-state index in [-0.39, 0.29) is 5.78 Å². The summed E-state index contributed by atoms with van der Waals surface area (Å²) in [5.74, 6) is 0.758. The van der Waals surface area contributed by atoms with Crippen LogP contribution in [0.25, 0.3) is 22.2 Å². The molecule has 3 aromatic rings. The molecule has 134 valence electrons. The molecule has 0 unspecified atom stereocenters. The summed E-state index contributed by atoms with van der Waals surface area (Å²) in [6, 6.07) is 17.1. The van der Waals surface area contributed by atoms with Gasteiger partial charge in [-0.1, -0.05) is 61.7 Å². The zero-order valence-corrected chi connectivity index (χ0v) is 15.8. The molecular formula is C24H27NO. The molecule has 0 radical (unpaired) electrons. The molecular weight excluding hydrogens is 318 g/mol. The second-order valence-corrected chi connectivity index (χ2v) is 7.50. The Morgan fingerprint density at radius 3 is 2.42 bits per heavy atom. The van der Waals surface area contributed by atoms with Gasteiger partial charge in [0.1, 0.15) is 0 Å². The topological polar surface area (TPSA) is 22.0 Å². The number of aryl methyl sites for hydroxylation is 1. The van der Waals surface area contributed by atoms with E-state index in [1.807, 2.05) is 6.07 Å². The number of nitrogens with zero attached hydrogens (tertiary/aromatic N) is 1. The summed E-state index contributed by atoms with van der Waals surface area (Å²) in [7, 11) is 0. The summed E-state index contributed by atoms with van der Waals surface area (Å²) in [6.45, 7) is 4.77. The Morgan fingerprint density at radius 2 is 1.77 bits per heavy atom. The van der Waals surface area contributed by atoms with Crippen molar-refractivity contribution in [2.24, 2.45) is 0 Å². The fraction of sp³-hybridized carbons (Fsp3) is 0.375. The van der Waals surface area contributed by atoms with Crippen LogP contribution in [0.3, 0.4) is 0 Å². The van der Waals surface area contributed by atoms with Crippen molar-refractivity contribution in [3.63, 3.8) is 0 Å². The van der Waals surface area contributed by atoms with Crippen molar-refractivity contribution in [2.45, 2.75) is 58.4 Å². The summed E-state index contributed by atoms with van der Waals surface area (Å²) < 4.78 is 2.42. The number of carbonyl (C=O) groups is 1. The highest BCUT2D eigenvalue weighted by atomic mass is 16.1. The lowest BCUT2D eigenvalue weighted by Gasteiger charge is -2.23. The van der Waals surface area contributed by atoms with E-state index in [9.17, 15) is 4.79 Å². The number of Topliss-reactive ketones (excluding diaryl/α,β-unsaturated/α-hetero) is 1. The maximum Gasteiger partial charge on any atom is 0.159 e. The highest BCUT2D eigenvalue weighted by Gasteiger charge is 2.26. The normalized spacial score (nSPS) is 15.5. The highest BCUT2D eigenvalue weighted by molar-refractivity contribution is 6.00. The Balaban J connectivity index is 2.03. The van der Waals surface area contributed by atoms with E-state index < -0.39 is 0 Å². The third-order valence-corrected chi connectivity index (χ3v) is 5.89. The number of hydrogen-bond donors (Lipinski definition) is 0. The Kier molecular flexibility index (Phi) is 4.67. The average Bonchev–Trinajstić information content (AvgIpc) is 3.02. The van der Waals surface area contributed by atoms with Gasteiger partial charge in [-0.2, -0.15) is 0 Å². The van der Waals surface area contributed by atoms with Gasteiger partial charge in [0, 0.05) is 23.0 Å². The molecule has 0 bridgehead atoms. The minimum Gasteiger partial charge on any atom is -0.341 e. The molecule has 1 heterocycles. The van der Waals surface area contributed by atoms with Crippen molar-refractivity contribution in [1.29, 1.82) is 0 Å². The smallest absolute Gasteiger partial charge is 0.159 e. The molecule has 2 heteroatoms. The van der Waals surface area contributed by atoms with E-state index in [1.165, 1.54) is 59.8 Å². The van der Waals surface area contributed by atoms with Gasteiger partial charge in [0.25, 0.3) is 0 Å². The van der Waals surface area contributed by atoms with Crippen molar-refractivity contribution >= 4 is 16.7 Å². The molecule has 1 aliphatic carbocycles. The van der Waals surface area contributed by atoms with Gasteiger partial charge >= 0.3 is 0 Å². The molecule has 1 aromatic heterocycles. The number of aromatic nitrogens is 1. The third-order valence-electron chi connectivity index (χ3n) is 5.89. The highest BCUT2D eigenvalue weighted by Crippen LogP contribution is 2.44. The van der Waals surface area contributed by atoms with Crippen molar-refractivity contribution < 1.29 is 4.79 Å². The second-order valence-electron chi connectivity index (χ2n) is 7.50. The molecule has 0 atom stereocenters. The number of ketones is 1. The van der Waals surface area contributed by atoms with Crippen molar-refractivity contribution in [1.82, 2.24) is 4.57 Å². The van der Waals surface area contributed by atoms with Crippen molar-refractivity contribution in [2.75, 3.05) is 0 Å². The maximum absolute atomic E-state index is 11.9. The van der Waals surface area contributed by atoms with Gasteiger partial charge in [-0.3, -0.25) is 4.79 Å². The first kappa shape index (κ1) is 17.1. The van der Waals surface area contributed by atoms with Crippen LogP contribution >= 0.6 is 0 Å². The Morgan fingerprint density at radius 1 is 1.04 bits per heavy atom. The molecule has 26 heavy (non-hydrogen) atoms. The quantitative estimate of drug-likeness (QED) is 0.490. The van der Waals surface area contributed by atoms with Crippen LogP contribution in [0.15, 0.2) is 48.5 Å². The predicted molar refractivity (Wildman–Crippen MR) is 109 cm³/mol. The van der Waals surface area contributed by atoms with Crippen molar-refractivity contribution in [3.8, 4) is 11.3 Å². The first-order chi connectivity index (χ1) is 12.7. The monoisotopic (exact) mass is 345 g/mol. The summed E-state index contributed by atoms with van der Waals surface area (Å²) in [6.07, 6.45) is 6.55. The maximum atomic E-state index is 11.9. The van der Waals surface area contributed by atoms with Gasteiger partial charge in [-0.25, -0.2) is 0 Å². The van der Waals surface area contributed by atoms with Gasteiger partial charge in [0.15, 0.2) is 5.78 Å². The van der Waals surface area contributed by atoms with Gasteiger partial charge in [-0.15, -0.1) is 0 Å². The van der Waals surface area contributed by atoms with Crippen LogP contribution < -0.4 is 0 Å². The minimum atomic E-state index is 0.135. The van der Waals surface area contributed by atoms with Crippen LogP contribution in [0.5, 0.6) is 0 Å². The third kappa shape index (κ3) is 2.88. The molecule has 1 fully saturated rings. The Bertz CT molecular complexity index is 930. The number of benzene rings is 2. The first-order valence-corrected chi connectivity index (χ1v) is 9.93. The molecule has 2 nitrogen and oxygen atoms in total. The molecule has 2 aromatic carbocycles. The SMILES string of the molecule is CCn1c(-c2ccccc2)c(C2CCCCC2)c2ccc(C(C)=O)cc21. The lowest BCUT2D eigenvalue weighted by atomic mass is 9.81. The minimum absolute atomic E-state index is 0.135. The molecule has 4 rings (SSSR count). The Hall–Kier alpha value is -2.35. The lowest BCUT2D eigenvalue weighted by Crippen LogP contribution is -2.06. The average molecular weight is 345 g/mol. The van der Waals surface area contributed by atoms with Gasteiger partial charge in [0.05, 0.1) is 5.69 Å². The number of hydrogen-bond acceptors (Lipinski definition) is 1. The summed E-state index contributed by atoms with van der Waals surface area (Å²) in [4.78, 5) is 11.9. The summed E-state index contributed by atoms with van der Waals surface area (Å²) in [5.41, 5.74) is 6.16. The van der Waals surface area contributed by atoms with Crippen LogP contribution in [-0.2, 0) is 6.54 Å². The molecule has 1 saturated carbocycles. The van der Waals surface area contributed by atoms with E-state index in [4.69, 9.17) is 0 Å². The van der Waals surface area contributed by atoms with Gasteiger partial charge < -0.3 is 4.57 Å². The number of fused-ring (bicyclic) bond motifs is 1. The van der Waals surface area contributed by atoms with Crippen LogP contribution in [0.4, 0.5) is 0 Å². The van der Waals surface area contributed by atoms with Gasteiger partial charge in [0.2, 0.25) is 0 Å². The molecule has 0 N–H and O–H groups in total. The zero-order chi connectivity index (χ0) is 18.1. The van der Waals surface area contributed by atoms with E-state index in [0.29, 0.717) is 5.92 Å². The Labute approximate surface area is 155 Å². The van der Waals surface area contributed by atoms with Crippen LogP contribution in [0.1, 0.15) is 67.8 Å². The fourth-order valence-corrected chi connectivity index (χ4v) is 4.64. The molecule has 0 spiro atoms. The van der Waals surface area contributed by atoms with E-state index in [0.717, 1.165) is 12.1 Å². The number of carbonyl (C=O) groups excluding carboxylic acids is 1. The van der Waals surface area contributed by atoms with Crippen LogP contribution in [0.2, 0.25) is 0 Å². The zero-order valence-electron chi connectivity index (χ0n) is 15.8. The fourth-order valence-electron chi connectivity index (χ4n) is 4.64. The number of rotatable bonds is 4. The van der Waals surface area contributed by atoms with E-state index >= 15 is 0 Å². The van der Waals surface area contributed by atoms with Crippen LogP contribution in [0, 0.1) is 0 Å². The standard InChI is InChI=1S/C24H27NO/c1-3-25-22-16-20(17(2)26)14-15-21(22)23(18-10-6-4-7-11-18)24(25)19-12-8-5-9-13-19/h5,8-9,12-16,18H,3-4,6-7,10-11H2,1-2H3. The predicted octanol–water partition coefficient (Wildman–Crippen LogP) is 6.58. The second kappa shape index (κ2) is 7.11. The lowest BCUT2D eigenvalue weighted by molar-refractivity contribution is 0.101. The van der Waals surface area contributed by atoms with E-state index in [1.54, 1.807) is 6.92 Å². The molecule has 0 amide bonds. The largest absolute Gasteiger partial charge is 0.341 e. The van der Waals surface area contributed by atoms with Crippen LogP contribution in [-0.4, -0.2) is 10.4 Å². The van der Waals surface area contributed by atoms with E-state index in [2.05, 4.69) is 54.0 Å². The molecule has 0 aliphatic heterocycles. The van der Waals surface area contributed by atoms with Gasteiger partial charge in [-0.05, 0) is 49.8 Å². The first-order valence-electron chi connectivity index (χ1n) is 9.93. The van der Waals surface area contributed by atoms with Crippen molar-refractivity contribution in [3.05, 3.63) is 59.7 Å².